The molecule has 1 rings (SSSR count). The Morgan fingerprint density at radius 1 is 0.750 bits per heavy atom. The van der Waals surface area contributed by atoms with Crippen LogP contribution in [0.15, 0.2) is 48.1 Å². The molecular formula is C20H18F12FeN2O5. The number of aromatic nitrogens is 1. The maximum Gasteiger partial charge on any atom is 0.454 e. The normalized spacial score (nSPS) is 13.6. The number of hydroxylamine groups is 1. The van der Waals surface area contributed by atoms with Crippen molar-refractivity contribution in [3.8, 4) is 0 Å². The van der Waals surface area contributed by atoms with E-state index in [-0.39, 0.29) is 17.1 Å². The molecule has 0 unspecified atom stereocenters. The van der Waals surface area contributed by atoms with Gasteiger partial charge in [0.2, 0.25) is 17.7 Å². The average molecular weight is 650 g/mol. The minimum atomic E-state index is -5.42. The number of halogens is 12. The number of carbonyl (C=O) groups is 2. The fourth-order valence-electron chi connectivity index (χ4n) is 1.34. The largest absolute Gasteiger partial charge is 0.623 e. The molecule has 0 aliphatic heterocycles. The van der Waals surface area contributed by atoms with Gasteiger partial charge in [-0.1, -0.05) is 6.07 Å². The molecule has 0 saturated carbocycles. The topological polar surface area (TPSA) is 114 Å². The molecule has 20 heteroatoms. The summed E-state index contributed by atoms with van der Waals surface area (Å²) >= 11 is 0. The molecule has 0 amide bonds. The first-order valence-electron chi connectivity index (χ1n) is 9.50. The first-order chi connectivity index (χ1) is 17.1. The maximum atomic E-state index is 11.5. The number of allylic oxidation sites excluding steroid dienone is 4. The van der Waals surface area contributed by atoms with E-state index in [1.807, 2.05) is 32.9 Å². The van der Waals surface area contributed by atoms with Gasteiger partial charge in [-0.05, 0) is 12.1 Å². The Hall–Kier alpha value is -3.28. The SMILES string of the molecule is CC(C)(C)/[N+]([O-])=C/c1ccccn1.O=C(/C=C(\O)C(F)(F)F)C(F)(F)F.O=C(/C=C(\O)C(F)(F)F)C(F)(F)F.[Fe]. The predicted molar refractivity (Wildman–Crippen MR) is 108 cm³/mol. The van der Waals surface area contributed by atoms with E-state index in [1.54, 1.807) is 12.3 Å². The first-order valence-corrected chi connectivity index (χ1v) is 9.50. The van der Waals surface area contributed by atoms with Gasteiger partial charge in [0.15, 0.2) is 5.54 Å². The molecule has 1 aromatic heterocycles. The van der Waals surface area contributed by atoms with Gasteiger partial charge in [-0.25, -0.2) is 4.74 Å². The third kappa shape index (κ3) is 18.1. The molecule has 0 atom stereocenters. The zero-order chi connectivity index (χ0) is 31.6. The Bertz CT molecular complexity index is 1000. The minimum Gasteiger partial charge on any atom is -0.623 e. The molecule has 0 aliphatic carbocycles. The number of hydrogen-bond acceptors (Lipinski definition) is 6. The Kier molecular flexibility index (Phi) is 16.0. The van der Waals surface area contributed by atoms with Crippen molar-refractivity contribution in [1.82, 2.24) is 4.98 Å². The van der Waals surface area contributed by atoms with Crippen LogP contribution < -0.4 is 0 Å². The van der Waals surface area contributed by atoms with Gasteiger partial charge >= 0.3 is 24.7 Å². The van der Waals surface area contributed by atoms with E-state index < -0.39 is 65.5 Å². The Balaban J connectivity index is -0.000000507. The van der Waals surface area contributed by atoms with Crippen molar-refractivity contribution in [3.63, 3.8) is 0 Å². The third-order valence-corrected chi connectivity index (χ3v) is 3.27. The van der Waals surface area contributed by atoms with E-state index >= 15 is 0 Å². The summed E-state index contributed by atoms with van der Waals surface area (Å²) in [5.41, 5.74) is 0.282. The monoisotopic (exact) mass is 650 g/mol. The number of nitrogens with zero attached hydrogens (tertiary/aromatic N) is 2. The Morgan fingerprint density at radius 3 is 1.32 bits per heavy atom. The van der Waals surface area contributed by atoms with Gasteiger partial charge in [-0.3, -0.25) is 14.6 Å². The molecule has 2 N–H and O–H groups in total. The van der Waals surface area contributed by atoms with Gasteiger partial charge in [0, 0.05) is 56.2 Å². The van der Waals surface area contributed by atoms with Gasteiger partial charge in [-0.15, -0.1) is 0 Å². The van der Waals surface area contributed by atoms with Crippen molar-refractivity contribution in [3.05, 3.63) is 59.0 Å². The fourth-order valence-corrected chi connectivity index (χ4v) is 1.34. The van der Waals surface area contributed by atoms with Crippen molar-refractivity contribution in [1.29, 1.82) is 0 Å². The van der Waals surface area contributed by atoms with Crippen molar-refractivity contribution in [2.24, 2.45) is 0 Å². The van der Waals surface area contributed by atoms with Gasteiger partial charge in [0.05, 0.1) is 0 Å². The van der Waals surface area contributed by atoms with Crippen LogP contribution in [-0.2, 0) is 26.7 Å². The van der Waals surface area contributed by atoms with Crippen LogP contribution in [0.5, 0.6) is 0 Å². The Labute approximate surface area is 227 Å². The Morgan fingerprint density at radius 2 is 1.10 bits per heavy atom. The summed E-state index contributed by atoms with van der Waals surface area (Å²) in [6, 6.07) is 5.48. The van der Waals surface area contributed by atoms with E-state index in [0.29, 0.717) is 5.69 Å². The number of rotatable bonds is 3. The number of alkyl halides is 12. The quantitative estimate of drug-likeness (QED) is 0.0603. The minimum absolute atomic E-state index is 0. The zero-order valence-corrected chi connectivity index (χ0v) is 21.0. The molecule has 0 spiro atoms. The zero-order valence-electron chi connectivity index (χ0n) is 19.9. The predicted octanol–water partition coefficient (Wildman–Crippen LogP) is 6.05. The summed E-state index contributed by atoms with van der Waals surface area (Å²) in [6.07, 6.45) is -20.2. The van der Waals surface area contributed by atoms with Crippen LogP contribution >= 0.6 is 0 Å². The number of carbonyl (C=O) groups excluding carboxylic acids is 2. The maximum absolute atomic E-state index is 11.5. The van der Waals surface area contributed by atoms with Crippen molar-refractivity contribution < 1.29 is 94.3 Å². The number of aliphatic hydroxyl groups is 2. The third-order valence-electron chi connectivity index (χ3n) is 3.27. The molecule has 0 saturated heterocycles. The van der Waals surface area contributed by atoms with Gasteiger partial charge in [0.1, 0.15) is 5.69 Å². The number of pyridine rings is 1. The molecule has 1 heterocycles. The molecular weight excluding hydrogens is 632 g/mol. The number of ketones is 2. The van der Waals surface area contributed by atoms with E-state index in [1.165, 1.54) is 6.21 Å². The van der Waals surface area contributed by atoms with Crippen LogP contribution in [0.3, 0.4) is 0 Å². The second-order valence-corrected chi connectivity index (χ2v) is 7.66. The van der Waals surface area contributed by atoms with E-state index in [0.717, 1.165) is 4.74 Å². The van der Waals surface area contributed by atoms with E-state index in [9.17, 15) is 67.5 Å². The van der Waals surface area contributed by atoms with Crippen LogP contribution in [0.2, 0.25) is 0 Å². The number of aliphatic hydroxyl groups excluding tert-OH is 2. The van der Waals surface area contributed by atoms with Gasteiger partial charge < -0.3 is 15.4 Å². The molecule has 0 fully saturated rings. The van der Waals surface area contributed by atoms with Crippen LogP contribution in [0.1, 0.15) is 26.5 Å². The average Bonchev–Trinajstić information content (AvgIpc) is 2.72. The van der Waals surface area contributed by atoms with Gasteiger partial charge in [0.25, 0.3) is 11.6 Å². The summed E-state index contributed by atoms with van der Waals surface area (Å²) in [4.78, 5) is 23.8. The van der Waals surface area contributed by atoms with Crippen LogP contribution in [0, 0.1) is 5.21 Å². The second kappa shape index (κ2) is 15.5. The molecule has 1 aromatic rings. The van der Waals surface area contributed by atoms with E-state index in [2.05, 4.69) is 4.98 Å². The standard InChI is InChI=1S/C10H14N2O.2C5H2F6O2.Fe/c1-10(2,3)12(13)8-9-6-4-5-7-11-9;2*6-4(7,8)2(12)1-3(13)5(9,10)11;/h4-8H,1-3H3;2*1,12H;/b12-8-;2*2-1-;. The van der Waals surface area contributed by atoms with Crippen LogP contribution in [-0.4, -0.2) is 68.0 Å². The van der Waals surface area contributed by atoms with Crippen molar-refractivity contribution in [2.45, 2.75) is 51.0 Å². The number of hydrogen-bond donors (Lipinski definition) is 2. The van der Waals surface area contributed by atoms with E-state index in [4.69, 9.17) is 10.2 Å². The molecule has 0 bridgehead atoms. The van der Waals surface area contributed by atoms with Gasteiger partial charge in [-0.2, -0.15) is 52.7 Å². The molecule has 230 valence electrons. The molecule has 40 heavy (non-hydrogen) atoms. The summed E-state index contributed by atoms with van der Waals surface area (Å²) in [5.74, 6) is -10.7. The molecule has 0 aromatic carbocycles. The molecule has 0 radical (unpaired) electrons. The van der Waals surface area contributed by atoms with Crippen molar-refractivity contribution in [2.75, 3.05) is 0 Å². The summed E-state index contributed by atoms with van der Waals surface area (Å²) in [6.45, 7) is 5.58. The summed E-state index contributed by atoms with van der Waals surface area (Å²) in [7, 11) is 0. The first kappa shape index (κ1) is 41.2. The molecule has 0 aliphatic rings. The van der Waals surface area contributed by atoms with Crippen LogP contribution in [0.25, 0.3) is 0 Å². The summed E-state index contributed by atoms with van der Waals surface area (Å²) in [5, 5.41) is 27.3. The van der Waals surface area contributed by atoms with Crippen molar-refractivity contribution >= 4 is 17.8 Å². The smallest absolute Gasteiger partial charge is 0.454 e. The molecule has 7 nitrogen and oxygen atoms in total. The fraction of sp³-hybridized carbons (Fsp3) is 0.400. The second-order valence-electron chi connectivity index (χ2n) is 7.66. The van der Waals surface area contributed by atoms with Crippen LogP contribution in [0.4, 0.5) is 52.7 Å². The summed E-state index contributed by atoms with van der Waals surface area (Å²) < 4.78 is 137.